The molecular weight excluding hydrogens is 274 g/mol. The van der Waals surface area contributed by atoms with E-state index in [0.717, 1.165) is 5.56 Å². The Morgan fingerprint density at radius 1 is 1.24 bits per heavy atom. The van der Waals surface area contributed by atoms with Crippen LogP contribution in [0.3, 0.4) is 0 Å². The first-order chi connectivity index (χ1) is 9.93. The quantitative estimate of drug-likeness (QED) is 0.672. The van der Waals surface area contributed by atoms with Crippen LogP contribution in [0, 0.1) is 0 Å². The van der Waals surface area contributed by atoms with Gasteiger partial charge in [-0.2, -0.15) is 0 Å². The number of nitrogens with zero attached hydrogens (tertiary/aromatic N) is 1. The third-order valence-corrected chi connectivity index (χ3v) is 2.91. The number of nitrogens with two attached hydrogens (primary N) is 1. The fourth-order valence-electron chi connectivity index (χ4n) is 1.86. The molecule has 7 nitrogen and oxygen atoms in total. The van der Waals surface area contributed by atoms with Crippen LogP contribution in [0.2, 0.25) is 0 Å². The maximum atomic E-state index is 11.9. The lowest BCUT2D eigenvalue weighted by Gasteiger charge is -2.20. The summed E-state index contributed by atoms with van der Waals surface area (Å²) in [7, 11) is 0. The number of amides is 3. The molecule has 0 aliphatic carbocycles. The Hall–Kier alpha value is -2.57. The zero-order valence-corrected chi connectivity index (χ0v) is 11.8. The summed E-state index contributed by atoms with van der Waals surface area (Å²) in [6.07, 6.45) is -0.106. The highest BCUT2D eigenvalue weighted by atomic mass is 16.4. The van der Waals surface area contributed by atoms with Gasteiger partial charge >= 0.3 is 12.0 Å². The highest BCUT2D eigenvalue weighted by Gasteiger charge is 2.14. The first-order valence-corrected chi connectivity index (χ1v) is 6.53. The standard InChI is InChI=1S/C14H19N3O4/c1-2-17(9-12(15)18)14(21)16-8-11-6-4-3-5-10(11)7-13(19)20/h3-6H,2,7-9H2,1H3,(H2,15,18)(H,16,21)(H,19,20). The Morgan fingerprint density at radius 3 is 2.38 bits per heavy atom. The van der Waals surface area contributed by atoms with Crippen LogP contribution in [0.15, 0.2) is 24.3 Å². The second kappa shape index (κ2) is 7.88. The summed E-state index contributed by atoms with van der Waals surface area (Å²) in [5.41, 5.74) is 6.43. The van der Waals surface area contributed by atoms with Crippen molar-refractivity contribution in [1.29, 1.82) is 0 Å². The lowest BCUT2D eigenvalue weighted by molar-refractivity contribution is -0.136. The van der Waals surface area contributed by atoms with Gasteiger partial charge in [0.25, 0.3) is 0 Å². The van der Waals surface area contributed by atoms with Gasteiger partial charge in [-0.15, -0.1) is 0 Å². The molecule has 3 amide bonds. The first-order valence-electron chi connectivity index (χ1n) is 6.53. The largest absolute Gasteiger partial charge is 0.481 e. The Bertz CT molecular complexity index is 531. The smallest absolute Gasteiger partial charge is 0.318 e. The second-order valence-corrected chi connectivity index (χ2v) is 4.48. The molecule has 0 aromatic heterocycles. The summed E-state index contributed by atoms with van der Waals surface area (Å²) in [5.74, 6) is -1.52. The van der Waals surface area contributed by atoms with Crippen LogP contribution in [-0.4, -0.2) is 41.0 Å². The first kappa shape index (κ1) is 16.5. The van der Waals surface area contributed by atoms with E-state index in [1.54, 1.807) is 31.2 Å². The SMILES string of the molecule is CCN(CC(N)=O)C(=O)NCc1ccccc1CC(=O)O. The molecule has 0 unspecified atom stereocenters. The molecule has 0 spiro atoms. The van der Waals surface area contributed by atoms with Crippen molar-refractivity contribution in [1.82, 2.24) is 10.2 Å². The number of primary amides is 1. The van der Waals surface area contributed by atoms with Crippen LogP contribution in [-0.2, 0) is 22.6 Å². The van der Waals surface area contributed by atoms with Crippen molar-refractivity contribution >= 4 is 17.9 Å². The molecule has 0 saturated carbocycles. The molecule has 0 heterocycles. The van der Waals surface area contributed by atoms with Gasteiger partial charge in [0, 0.05) is 13.1 Å². The number of nitrogens with one attached hydrogen (secondary N) is 1. The fourth-order valence-corrected chi connectivity index (χ4v) is 1.86. The second-order valence-electron chi connectivity index (χ2n) is 4.48. The average Bonchev–Trinajstić information content (AvgIpc) is 2.42. The molecule has 1 aromatic carbocycles. The lowest BCUT2D eigenvalue weighted by atomic mass is 10.0. The van der Waals surface area contributed by atoms with Crippen LogP contribution in [0.1, 0.15) is 18.1 Å². The Balaban J connectivity index is 2.68. The van der Waals surface area contributed by atoms with Crippen LogP contribution in [0.4, 0.5) is 4.79 Å². The molecule has 4 N–H and O–H groups in total. The van der Waals surface area contributed by atoms with E-state index in [4.69, 9.17) is 10.8 Å². The zero-order chi connectivity index (χ0) is 15.8. The normalized spacial score (nSPS) is 9.95. The number of aliphatic carboxylic acids is 1. The highest BCUT2D eigenvalue weighted by Crippen LogP contribution is 2.09. The van der Waals surface area contributed by atoms with Crippen molar-refractivity contribution < 1.29 is 19.5 Å². The van der Waals surface area contributed by atoms with Gasteiger partial charge in [0.2, 0.25) is 5.91 Å². The van der Waals surface area contributed by atoms with Crippen molar-refractivity contribution in [3.8, 4) is 0 Å². The summed E-state index contributed by atoms with van der Waals surface area (Å²) in [5, 5.41) is 11.5. The van der Waals surface area contributed by atoms with E-state index in [0.29, 0.717) is 12.1 Å². The number of carbonyl (C=O) groups excluding carboxylic acids is 2. The van der Waals surface area contributed by atoms with Crippen molar-refractivity contribution in [3.63, 3.8) is 0 Å². The van der Waals surface area contributed by atoms with Crippen LogP contribution in [0.5, 0.6) is 0 Å². The molecule has 0 aliphatic heterocycles. The Morgan fingerprint density at radius 2 is 1.86 bits per heavy atom. The van der Waals surface area contributed by atoms with Crippen molar-refractivity contribution in [2.45, 2.75) is 19.9 Å². The molecule has 21 heavy (non-hydrogen) atoms. The minimum Gasteiger partial charge on any atom is -0.481 e. The molecule has 1 aromatic rings. The number of carboxylic acid groups (broad SMARTS) is 1. The lowest BCUT2D eigenvalue weighted by Crippen LogP contribution is -2.44. The molecule has 0 bridgehead atoms. The van der Waals surface area contributed by atoms with Gasteiger partial charge in [-0.1, -0.05) is 24.3 Å². The van der Waals surface area contributed by atoms with Crippen LogP contribution < -0.4 is 11.1 Å². The van der Waals surface area contributed by atoms with Gasteiger partial charge < -0.3 is 21.1 Å². The number of hydrogen-bond donors (Lipinski definition) is 3. The van der Waals surface area contributed by atoms with E-state index in [1.165, 1.54) is 4.90 Å². The van der Waals surface area contributed by atoms with E-state index in [2.05, 4.69) is 5.32 Å². The van der Waals surface area contributed by atoms with Crippen LogP contribution >= 0.6 is 0 Å². The number of likely N-dealkylation sites (N-methyl/N-ethyl adjacent to an activating group) is 1. The molecule has 7 heteroatoms. The topological polar surface area (TPSA) is 113 Å². The molecule has 0 aliphatic rings. The molecule has 1 rings (SSSR count). The van der Waals surface area contributed by atoms with E-state index in [-0.39, 0.29) is 19.5 Å². The van der Waals surface area contributed by atoms with Gasteiger partial charge in [0.1, 0.15) is 6.54 Å². The molecule has 114 valence electrons. The number of urea groups is 1. The highest BCUT2D eigenvalue weighted by molar-refractivity contribution is 5.82. The monoisotopic (exact) mass is 293 g/mol. The minimum atomic E-state index is -0.933. The Kier molecular flexibility index (Phi) is 6.19. The fraction of sp³-hybridized carbons (Fsp3) is 0.357. The number of rotatable bonds is 7. The molecule has 0 atom stereocenters. The van der Waals surface area contributed by atoms with Gasteiger partial charge in [-0.25, -0.2) is 4.79 Å². The van der Waals surface area contributed by atoms with Gasteiger partial charge in [-0.05, 0) is 18.1 Å². The summed E-state index contributed by atoms with van der Waals surface area (Å²) < 4.78 is 0. The van der Waals surface area contributed by atoms with Gasteiger partial charge in [-0.3, -0.25) is 9.59 Å². The maximum absolute atomic E-state index is 11.9. The molecular formula is C14H19N3O4. The predicted octanol–water partition coefficient (Wildman–Crippen LogP) is 0.330. The maximum Gasteiger partial charge on any atom is 0.318 e. The van der Waals surface area contributed by atoms with E-state index in [1.807, 2.05) is 0 Å². The van der Waals surface area contributed by atoms with Crippen molar-refractivity contribution in [3.05, 3.63) is 35.4 Å². The summed E-state index contributed by atoms with van der Waals surface area (Å²) >= 11 is 0. The van der Waals surface area contributed by atoms with E-state index in [9.17, 15) is 14.4 Å². The molecule has 0 fully saturated rings. The number of hydrogen-bond acceptors (Lipinski definition) is 3. The number of benzene rings is 1. The predicted molar refractivity (Wildman–Crippen MR) is 76.5 cm³/mol. The van der Waals surface area contributed by atoms with Crippen LogP contribution in [0.25, 0.3) is 0 Å². The zero-order valence-electron chi connectivity index (χ0n) is 11.8. The van der Waals surface area contributed by atoms with E-state index < -0.39 is 17.9 Å². The van der Waals surface area contributed by atoms with E-state index >= 15 is 0 Å². The minimum absolute atomic E-state index is 0.106. The van der Waals surface area contributed by atoms with Crippen molar-refractivity contribution in [2.24, 2.45) is 5.73 Å². The molecule has 0 radical (unpaired) electrons. The number of carboxylic acids is 1. The third-order valence-electron chi connectivity index (χ3n) is 2.91. The van der Waals surface area contributed by atoms with Gasteiger partial charge in [0.05, 0.1) is 6.42 Å². The average molecular weight is 293 g/mol. The summed E-state index contributed by atoms with van der Waals surface area (Å²) in [4.78, 5) is 34.8. The van der Waals surface area contributed by atoms with Gasteiger partial charge in [0.15, 0.2) is 0 Å². The summed E-state index contributed by atoms with van der Waals surface area (Å²) in [6, 6.07) is 6.56. The summed E-state index contributed by atoms with van der Waals surface area (Å²) in [6.45, 7) is 2.13. The molecule has 0 saturated heterocycles. The van der Waals surface area contributed by atoms with Crippen molar-refractivity contribution in [2.75, 3.05) is 13.1 Å². The Labute approximate surface area is 122 Å². The number of carbonyl (C=O) groups is 3. The third kappa shape index (κ3) is 5.52.